The largest absolute Gasteiger partial charge is 0.332 e. The summed E-state index contributed by atoms with van der Waals surface area (Å²) in [5.41, 5.74) is 3.69. The van der Waals surface area contributed by atoms with Gasteiger partial charge in [0, 0.05) is 12.1 Å². The molecule has 1 N–H and O–H groups in total. The van der Waals surface area contributed by atoms with Crippen LogP contribution < -0.4 is 10.2 Å². The van der Waals surface area contributed by atoms with Crippen LogP contribution in [0.2, 0.25) is 5.02 Å². The minimum absolute atomic E-state index is 0.216. The molecule has 0 aliphatic carbocycles. The Morgan fingerprint density at radius 2 is 1.78 bits per heavy atom. The number of nitriles is 1. The van der Waals surface area contributed by atoms with Crippen molar-refractivity contribution in [2.45, 2.75) is 31.5 Å². The van der Waals surface area contributed by atoms with Gasteiger partial charge in [-0.05, 0) is 42.7 Å². The molecule has 0 radical (unpaired) electrons. The molecule has 6 rings (SSSR count). The summed E-state index contributed by atoms with van der Waals surface area (Å²) in [5, 5.41) is 12.5. The number of amides is 5. The van der Waals surface area contributed by atoms with Crippen molar-refractivity contribution in [3.63, 3.8) is 0 Å². The zero-order chi connectivity index (χ0) is 25.8. The highest BCUT2D eigenvalue weighted by Gasteiger charge is 2.63. The Morgan fingerprint density at radius 3 is 2.54 bits per heavy atom. The van der Waals surface area contributed by atoms with Crippen molar-refractivity contribution in [2.75, 3.05) is 16.8 Å². The first-order valence-electron chi connectivity index (χ1n) is 12.0. The van der Waals surface area contributed by atoms with E-state index in [1.165, 1.54) is 6.07 Å². The molecule has 9 heteroatoms. The molecule has 1 unspecified atom stereocenters. The number of carbonyl (C=O) groups is 3. The maximum Gasteiger partial charge on any atom is 0.332 e. The van der Waals surface area contributed by atoms with Gasteiger partial charge < -0.3 is 15.1 Å². The second-order valence-electron chi connectivity index (χ2n) is 9.44. The Hall–Kier alpha value is -4.35. The Kier molecular flexibility index (Phi) is 5.39. The van der Waals surface area contributed by atoms with Crippen molar-refractivity contribution in [1.82, 2.24) is 9.80 Å². The van der Waals surface area contributed by atoms with Crippen LogP contribution in [0, 0.1) is 18.3 Å². The molecule has 0 saturated carbocycles. The first kappa shape index (κ1) is 23.1. The van der Waals surface area contributed by atoms with Crippen LogP contribution in [0.15, 0.2) is 66.7 Å². The first-order chi connectivity index (χ1) is 17.9. The lowest BCUT2D eigenvalue weighted by Gasteiger charge is -2.35. The smallest absolute Gasteiger partial charge is 0.317 e. The second-order valence-corrected chi connectivity index (χ2v) is 9.82. The summed E-state index contributed by atoms with van der Waals surface area (Å²) in [7, 11) is 0. The lowest BCUT2D eigenvalue weighted by molar-refractivity contribution is -0.120. The van der Waals surface area contributed by atoms with Crippen LogP contribution >= 0.6 is 11.6 Å². The number of likely N-dealkylation sites (tertiary alicyclic amines) is 1. The number of piperazine rings is 1. The average molecular weight is 512 g/mol. The van der Waals surface area contributed by atoms with Crippen molar-refractivity contribution in [3.05, 3.63) is 82.9 Å². The van der Waals surface area contributed by atoms with Crippen molar-refractivity contribution in [2.24, 2.45) is 0 Å². The molecule has 3 aromatic rings. The zero-order valence-electron chi connectivity index (χ0n) is 19.9. The third-order valence-corrected chi connectivity index (χ3v) is 7.98. The van der Waals surface area contributed by atoms with Crippen LogP contribution in [0.3, 0.4) is 0 Å². The van der Waals surface area contributed by atoms with E-state index < -0.39 is 18.1 Å². The molecule has 5 amide bonds. The molecule has 3 aromatic carbocycles. The number of rotatable bonds is 3. The summed E-state index contributed by atoms with van der Waals surface area (Å²) in [6, 6.07) is 20.3. The standard InChI is InChI=1S/C28H22ClN5O3/c1-16-22(12-11-18(14-30)24(16)29)34-26(35)25-23-13-19(33(25)28(34)37)15-32(23)27(36)31-21-10-6-5-9-20(21)17-7-3-2-4-8-17/h2-12,19,23,25H,13,15H2,1H3,(H,31,36)/t19-,23?,25-/m1/s1. The molecule has 3 fully saturated rings. The van der Waals surface area contributed by atoms with Gasteiger partial charge in [-0.1, -0.05) is 60.1 Å². The van der Waals surface area contributed by atoms with Crippen LogP contribution in [0.1, 0.15) is 17.5 Å². The highest BCUT2D eigenvalue weighted by Crippen LogP contribution is 2.44. The summed E-state index contributed by atoms with van der Waals surface area (Å²) in [4.78, 5) is 44.8. The molecule has 3 aliphatic heterocycles. The number of para-hydroxylation sites is 1. The topological polar surface area (TPSA) is 96.8 Å². The van der Waals surface area contributed by atoms with Crippen molar-refractivity contribution < 1.29 is 14.4 Å². The van der Waals surface area contributed by atoms with Crippen LogP contribution in [-0.4, -0.2) is 52.4 Å². The number of anilines is 2. The second kappa shape index (κ2) is 8.64. The van der Waals surface area contributed by atoms with E-state index in [1.807, 2.05) is 60.7 Å². The van der Waals surface area contributed by atoms with Gasteiger partial charge in [0.15, 0.2) is 0 Å². The molecule has 8 nitrogen and oxygen atoms in total. The highest BCUT2D eigenvalue weighted by molar-refractivity contribution is 6.33. The van der Waals surface area contributed by atoms with Gasteiger partial charge in [-0.3, -0.25) is 4.79 Å². The van der Waals surface area contributed by atoms with Crippen molar-refractivity contribution >= 4 is 40.9 Å². The molecule has 184 valence electrons. The van der Waals surface area contributed by atoms with Gasteiger partial charge in [0.05, 0.1) is 34.0 Å². The van der Waals surface area contributed by atoms with Gasteiger partial charge in [-0.25, -0.2) is 14.5 Å². The Labute approximate surface area is 218 Å². The van der Waals surface area contributed by atoms with Crippen LogP contribution in [0.25, 0.3) is 11.1 Å². The Morgan fingerprint density at radius 1 is 1.05 bits per heavy atom. The van der Waals surface area contributed by atoms with E-state index in [0.717, 1.165) is 16.0 Å². The fourth-order valence-electron chi connectivity index (χ4n) is 5.76. The predicted molar refractivity (Wildman–Crippen MR) is 139 cm³/mol. The average Bonchev–Trinajstić information content (AvgIpc) is 3.58. The molecule has 0 spiro atoms. The number of urea groups is 2. The fraction of sp³-hybridized carbons (Fsp3) is 0.214. The van der Waals surface area contributed by atoms with Crippen LogP contribution in [0.4, 0.5) is 21.0 Å². The molecular weight excluding hydrogens is 490 g/mol. The highest BCUT2D eigenvalue weighted by atomic mass is 35.5. The summed E-state index contributed by atoms with van der Waals surface area (Å²) >= 11 is 6.31. The minimum Gasteiger partial charge on any atom is -0.317 e. The van der Waals surface area contributed by atoms with Gasteiger partial charge in [0.25, 0.3) is 5.91 Å². The number of nitrogens with one attached hydrogen (secondary N) is 1. The Balaban J connectivity index is 1.26. The van der Waals surface area contributed by atoms with E-state index >= 15 is 0 Å². The summed E-state index contributed by atoms with van der Waals surface area (Å²) in [6.45, 7) is 2.03. The minimum atomic E-state index is -0.754. The van der Waals surface area contributed by atoms with E-state index in [4.69, 9.17) is 11.6 Å². The monoisotopic (exact) mass is 511 g/mol. The van der Waals surface area contributed by atoms with Gasteiger partial charge in [-0.2, -0.15) is 5.26 Å². The lowest BCUT2D eigenvalue weighted by atomic mass is 10.0. The first-order valence-corrected chi connectivity index (χ1v) is 12.4. The summed E-state index contributed by atoms with van der Waals surface area (Å²) in [6.07, 6.45) is 0.552. The number of hydrogen-bond donors (Lipinski definition) is 1. The number of hydrogen-bond acceptors (Lipinski definition) is 4. The van der Waals surface area contributed by atoms with Crippen LogP contribution in [-0.2, 0) is 4.79 Å². The molecule has 3 saturated heterocycles. The molecule has 3 atom stereocenters. The Bertz CT molecular complexity index is 1500. The third-order valence-electron chi connectivity index (χ3n) is 7.50. The number of halogens is 1. The van der Waals surface area contributed by atoms with Gasteiger partial charge in [0.1, 0.15) is 12.1 Å². The quantitative estimate of drug-likeness (QED) is 0.500. The number of carbonyl (C=O) groups excluding carboxylic acids is 3. The van der Waals surface area contributed by atoms with E-state index in [0.29, 0.717) is 29.9 Å². The molecule has 37 heavy (non-hydrogen) atoms. The number of fused-ring (bicyclic) bond motifs is 5. The maximum atomic E-state index is 13.6. The van der Waals surface area contributed by atoms with Crippen molar-refractivity contribution in [1.29, 1.82) is 5.26 Å². The fourth-order valence-corrected chi connectivity index (χ4v) is 5.97. The van der Waals surface area contributed by atoms with Gasteiger partial charge in [-0.15, -0.1) is 0 Å². The van der Waals surface area contributed by atoms with Crippen LogP contribution in [0.5, 0.6) is 0 Å². The van der Waals surface area contributed by atoms with Gasteiger partial charge in [0.2, 0.25) is 0 Å². The van der Waals surface area contributed by atoms with Gasteiger partial charge >= 0.3 is 12.1 Å². The summed E-state index contributed by atoms with van der Waals surface area (Å²) in [5.74, 6) is -0.386. The van der Waals surface area contributed by atoms with E-state index in [-0.39, 0.29) is 28.6 Å². The van der Waals surface area contributed by atoms with Crippen molar-refractivity contribution in [3.8, 4) is 17.2 Å². The van der Waals surface area contributed by atoms with E-state index in [2.05, 4.69) is 5.32 Å². The maximum absolute atomic E-state index is 13.6. The molecule has 3 heterocycles. The molecule has 2 bridgehead atoms. The molecular formula is C28H22ClN5O3. The molecule has 3 aliphatic rings. The molecule has 0 aromatic heterocycles. The van der Waals surface area contributed by atoms with E-state index in [1.54, 1.807) is 22.8 Å². The zero-order valence-corrected chi connectivity index (χ0v) is 20.6. The predicted octanol–water partition coefficient (Wildman–Crippen LogP) is 5.01. The summed E-state index contributed by atoms with van der Waals surface area (Å²) < 4.78 is 0. The van der Waals surface area contributed by atoms with E-state index in [9.17, 15) is 19.6 Å². The number of benzene rings is 3. The normalized spacial score (nSPS) is 21.9. The third kappa shape index (κ3) is 3.46. The lowest BCUT2D eigenvalue weighted by Crippen LogP contribution is -2.55. The number of imide groups is 1. The number of nitrogens with zero attached hydrogens (tertiary/aromatic N) is 4. The SMILES string of the molecule is Cc1c(N2C(=O)[C@H]3C4C[C@H](CN4C(=O)Nc4ccccc4-c4ccccc4)N3C2=O)ccc(C#N)c1Cl.